The summed E-state index contributed by atoms with van der Waals surface area (Å²) < 4.78 is 97.8. The van der Waals surface area contributed by atoms with Crippen molar-refractivity contribution >= 4 is 0 Å². The van der Waals surface area contributed by atoms with Crippen LogP contribution in [-0.2, 0) is 126 Å². The molecular weight excluding hydrogens is 1230 g/mol. The third-order valence-corrected chi connectivity index (χ3v) is 17.4. The van der Waals surface area contributed by atoms with Gasteiger partial charge >= 0.3 is 0 Å². The fourth-order valence-electron chi connectivity index (χ4n) is 12.3. The number of benzene rings is 9. The number of hydrogen-bond acceptors (Lipinski definition) is 16. The molecular formula is C81H86O16. The van der Waals surface area contributed by atoms with Gasteiger partial charge in [-0.25, -0.2) is 0 Å². The van der Waals surface area contributed by atoms with Crippen LogP contribution in [0.3, 0.4) is 0 Å². The van der Waals surface area contributed by atoms with Gasteiger partial charge in [0, 0.05) is 0 Å². The summed E-state index contributed by atoms with van der Waals surface area (Å²) in [6.45, 7) is 0.698. The van der Waals surface area contributed by atoms with Crippen molar-refractivity contribution in [1.29, 1.82) is 0 Å². The quantitative estimate of drug-likeness (QED) is 0.0390. The number of aliphatic hydroxyl groups is 2. The summed E-state index contributed by atoms with van der Waals surface area (Å²) in [6.07, 6.45) is -15.1. The maximum absolute atomic E-state index is 12.3. The number of rotatable bonds is 34. The van der Waals surface area contributed by atoms with Gasteiger partial charge in [0.1, 0.15) is 73.2 Å². The summed E-state index contributed by atoms with van der Waals surface area (Å²) in [5.74, 6) is 0. The number of hydrogen-bond donors (Lipinski definition) is 2. The van der Waals surface area contributed by atoms with Crippen molar-refractivity contribution in [3.8, 4) is 0 Å². The second-order valence-corrected chi connectivity index (χ2v) is 24.4. The van der Waals surface area contributed by atoms with Crippen LogP contribution >= 0.6 is 0 Å². The molecule has 3 fully saturated rings. The molecule has 3 heterocycles. The zero-order valence-electron chi connectivity index (χ0n) is 54.2. The van der Waals surface area contributed by atoms with Crippen LogP contribution in [0.5, 0.6) is 0 Å². The van der Waals surface area contributed by atoms with E-state index in [-0.39, 0.29) is 72.7 Å². The molecule has 16 nitrogen and oxygen atoms in total. The van der Waals surface area contributed by atoms with E-state index in [0.717, 1.165) is 50.1 Å². The Labute approximate surface area is 568 Å². The van der Waals surface area contributed by atoms with E-state index in [2.05, 4.69) is 0 Å². The zero-order chi connectivity index (χ0) is 66.1. The van der Waals surface area contributed by atoms with Crippen molar-refractivity contribution in [3.63, 3.8) is 0 Å². The van der Waals surface area contributed by atoms with Gasteiger partial charge in [-0.2, -0.15) is 0 Å². The van der Waals surface area contributed by atoms with Crippen molar-refractivity contribution in [2.75, 3.05) is 19.8 Å². The summed E-state index contributed by atoms with van der Waals surface area (Å²) in [5, 5.41) is 23.7. The fraction of sp³-hybridized carbons (Fsp3) is 0.333. The molecule has 0 saturated carbocycles. The Hall–Kier alpha value is -7.66. The normalized spacial score (nSPS) is 25.7. The number of ether oxygens (including phenoxy) is 14. The van der Waals surface area contributed by atoms with E-state index >= 15 is 0 Å². The van der Waals surface area contributed by atoms with Gasteiger partial charge in [-0.1, -0.05) is 273 Å². The summed E-state index contributed by atoms with van der Waals surface area (Å²) in [5.41, 5.74) is 8.20. The highest BCUT2D eigenvalue weighted by atomic mass is 16.8. The Morgan fingerprint density at radius 3 is 0.670 bits per heavy atom. The molecule has 12 rings (SSSR count). The Bertz CT molecular complexity index is 3600. The Morgan fingerprint density at radius 1 is 0.216 bits per heavy atom. The lowest BCUT2D eigenvalue weighted by molar-refractivity contribution is -0.360. The second kappa shape index (κ2) is 36.8. The van der Waals surface area contributed by atoms with E-state index in [4.69, 9.17) is 66.3 Å². The minimum absolute atomic E-state index is 0.139. The maximum Gasteiger partial charge on any atom is 0.187 e. The predicted octanol–water partition coefficient (Wildman–Crippen LogP) is 12.4. The van der Waals surface area contributed by atoms with Crippen LogP contribution in [-0.4, -0.2) is 122 Å². The topological polar surface area (TPSA) is 170 Å². The third kappa shape index (κ3) is 20.0. The van der Waals surface area contributed by atoms with Crippen LogP contribution < -0.4 is 0 Å². The third-order valence-electron chi connectivity index (χ3n) is 17.4. The van der Waals surface area contributed by atoms with Crippen molar-refractivity contribution < 1.29 is 76.5 Å². The van der Waals surface area contributed by atoms with E-state index in [0.29, 0.717) is 0 Å². The molecule has 0 spiro atoms. The van der Waals surface area contributed by atoms with Gasteiger partial charge in [0.25, 0.3) is 0 Å². The Balaban J connectivity index is 0.903. The smallest absolute Gasteiger partial charge is 0.187 e. The molecule has 9 aromatic rings. The summed E-state index contributed by atoms with van der Waals surface area (Å²) in [6, 6.07) is 88.6. The minimum Gasteiger partial charge on any atom is -0.394 e. The van der Waals surface area contributed by atoms with Gasteiger partial charge in [0.2, 0.25) is 0 Å². The molecule has 0 radical (unpaired) electrons. The largest absolute Gasteiger partial charge is 0.394 e. The monoisotopic (exact) mass is 1310 g/mol. The first-order valence-electron chi connectivity index (χ1n) is 33.4. The molecule has 9 aromatic carbocycles. The summed E-state index contributed by atoms with van der Waals surface area (Å²) >= 11 is 0. The Morgan fingerprint density at radius 2 is 0.412 bits per heavy atom. The average Bonchev–Trinajstić information content (AvgIpc) is 0.805. The second-order valence-electron chi connectivity index (χ2n) is 24.4. The lowest BCUT2D eigenvalue weighted by Gasteiger charge is -2.48. The molecule has 97 heavy (non-hydrogen) atoms. The van der Waals surface area contributed by atoms with Crippen LogP contribution in [0.15, 0.2) is 273 Å². The van der Waals surface area contributed by atoms with Crippen molar-refractivity contribution in [2.24, 2.45) is 0 Å². The molecule has 0 unspecified atom stereocenters. The molecule has 3 saturated heterocycles. The van der Waals surface area contributed by atoms with E-state index < -0.39 is 98.7 Å². The van der Waals surface area contributed by atoms with E-state index in [1.165, 1.54) is 0 Å². The standard InChI is InChI=1S/C81H86O16/c82-46-67-70(84-47-58-28-10-1-11-29-58)74(88-51-62-36-18-5-19-37-62)77(91-54-65-42-24-8-25-43-65)80(96-67)94-57-69-72(86-49-60-32-14-3-15-33-60)75(89-52-63-38-20-6-21-39-63)78(92-55-66-44-26-9-27-45-66)81(97-69)93-56-68-71(85-48-59-30-12-2-13-31-59)73(87-50-61-34-16-4-17-35-61)76(79(83)95-68)90-53-64-40-22-7-23-41-64/h1-45,67-83H,46-57H2/t67-,68-,69-,70-,71-,72-,73+,74+,75+,76-,77-,78-,79+,80+,81+/m1/s1. The first kappa shape index (κ1) is 69.2. The lowest BCUT2D eigenvalue weighted by Crippen LogP contribution is -2.64. The molecule has 0 bridgehead atoms. The molecule has 0 aliphatic carbocycles. The van der Waals surface area contributed by atoms with Gasteiger partial charge in [-0.05, 0) is 50.1 Å². The van der Waals surface area contributed by atoms with Crippen LogP contribution in [0.25, 0.3) is 0 Å². The Kier molecular flexibility index (Phi) is 26.3. The van der Waals surface area contributed by atoms with Gasteiger partial charge in [-0.15, -0.1) is 0 Å². The van der Waals surface area contributed by atoms with E-state index in [1.54, 1.807) is 0 Å². The molecule has 0 amide bonds. The maximum atomic E-state index is 12.3. The number of aliphatic hydroxyl groups excluding tert-OH is 2. The highest BCUT2D eigenvalue weighted by Crippen LogP contribution is 2.37. The highest BCUT2D eigenvalue weighted by molar-refractivity contribution is 5.21. The molecule has 3 aliphatic rings. The highest BCUT2D eigenvalue weighted by Gasteiger charge is 2.54. The first-order chi connectivity index (χ1) is 48.0. The van der Waals surface area contributed by atoms with E-state index in [9.17, 15) is 10.2 Å². The molecule has 0 aromatic heterocycles. The predicted molar refractivity (Wildman–Crippen MR) is 362 cm³/mol. The first-order valence-corrected chi connectivity index (χ1v) is 33.4. The van der Waals surface area contributed by atoms with Crippen molar-refractivity contribution in [1.82, 2.24) is 0 Å². The van der Waals surface area contributed by atoms with Gasteiger partial charge in [0.05, 0.1) is 79.3 Å². The average molecular weight is 1320 g/mol. The van der Waals surface area contributed by atoms with Crippen LogP contribution in [0, 0.1) is 0 Å². The van der Waals surface area contributed by atoms with Gasteiger partial charge in [0.15, 0.2) is 18.9 Å². The molecule has 3 aliphatic heterocycles. The molecule has 15 atom stereocenters. The molecule has 16 heteroatoms. The summed E-state index contributed by atoms with van der Waals surface area (Å²) in [7, 11) is 0. The minimum atomic E-state index is -1.50. The van der Waals surface area contributed by atoms with E-state index in [1.807, 2.05) is 273 Å². The fourth-order valence-corrected chi connectivity index (χ4v) is 12.3. The molecule has 506 valence electrons. The molecule has 2 N–H and O–H groups in total. The SMILES string of the molecule is OC[C@H]1O[C@H](OC[C@H]2O[C@H](OC[C@H]3O[C@H](O)[C@H](OCc4ccccc4)[C@@H](OCc4ccccc4)[C@@H]3OCc3ccccc3)[C@H](OCc3ccccc3)[C@@H](OCc3ccccc3)[C@@H]2OCc2ccccc2)[C@H](OCc2ccccc2)[C@@H](OCc2ccccc2)[C@@H]1OCc1ccccc1. The zero-order valence-corrected chi connectivity index (χ0v) is 54.2. The van der Waals surface area contributed by atoms with Crippen LogP contribution in [0.2, 0.25) is 0 Å². The van der Waals surface area contributed by atoms with Gasteiger partial charge < -0.3 is 76.5 Å². The summed E-state index contributed by atoms with van der Waals surface area (Å²) in [4.78, 5) is 0. The lowest BCUT2D eigenvalue weighted by atomic mass is 9.96. The van der Waals surface area contributed by atoms with Crippen molar-refractivity contribution in [2.45, 2.75) is 152 Å². The van der Waals surface area contributed by atoms with Crippen LogP contribution in [0.1, 0.15) is 50.1 Å². The van der Waals surface area contributed by atoms with Crippen molar-refractivity contribution in [3.05, 3.63) is 323 Å². The van der Waals surface area contributed by atoms with Gasteiger partial charge in [-0.3, -0.25) is 0 Å². The van der Waals surface area contributed by atoms with Crippen LogP contribution in [0.4, 0.5) is 0 Å².